The summed E-state index contributed by atoms with van der Waals surface area (Å²) in [5, 5.41) is 1.30. The maximum absolute atomic E-state index is 6.46. The Balaban J connectivity index is 0.00000196. The summed E-state index contributed by atoms with van der Waals surface area (Å²) in [4.78, 5) is 8.30. The fraction of sp³-hybridized carbons (Fsp3) is 0.333. The minimum atomic E-state index is 0. The van der Waals surface area contributed by atoms with Gasteiger partial charge in [0.05, 0.1) is 0 Å². The molecule has 1 aromatic heterocycles. The van der Waals surface area contributed by atoms with Crippen LogP contribution in [-0.2, 0) is 6.42 Å². The molecule has 0 amide bonds. The normalized spacial score (nSPS) is 16.4. The Hall–Kier alpha value is -2.01. The number of aromatic nitrogens is 1. The van der Waals surface area contributed by atoms with E-state index in [-0.39, 0.29) is 18.4 Å². The van der Waals surface area contributed by atoms with E-state index >= 15 is 0 Å². The largest absolute Gasteiger partial charge is 0.369 e. The molecule has 0 radical (unpaired) electrons. The average Bonchev–Trinajstić information content (AvgIpc) is 3.06. The lowest BCUT2D eigenvalue weighted by Gasteiger charge is -2.37. The third-order valence-electron chi connectivity index (χ3n) is 5.14. The van der Waals surface area contributed by atoms with E-state index < -0.39 is 0 Å². The van der Waals surface area contributed by atoms with Crippen molar-refractivity contribution in [1.82, 2.24) is 9.88 Å². The van der Waals surface area contributed by atoms with Crippen LogP contribution in [0.4, 0.5) is 5.69 Å². The summed E-state index contributed by atoms with van der Waals surface area (Å²) in [6, 6.07) is 19.3. The van der Waals surface area contributed by atoms with Crippen LogP contribution in [0, 0.1) is 0 Å². The molecule has 1 atom stereocenters. The number of H-pyrrole nitrogens is 1. The van der Waals surface area contributed by atoms with E-state index in [0.29, 0.717) is 0 Å². The van der Waals surface area contributed by atoms with Crippen LogP contribution in [-0.4, -0.2) is 48.6 Å². The molecule has 2 heterocycles. The number of aromatic amines is 1. The van der Waals surface area contributed by atoms with Crippen molar-refractivity contribution in [3.8, 4) is 0 Å². The Morgan fingerprint density at radius 3 is 2.38 bits per heavy atom. The lowest BCUT2D eigenvalue weighted by Crippen LogP contribution is -2.50. The molecule has 4 rings (SSSR count). The minimum Gasteiger partial charge on any atom is -0.369 e. The van der Waals surface area contributed by atoms with Crippen molar-refractivity contribution in [3.63, 3.8) is 0 Å². The third kappa shape index (κ3) is 4.21. The standard InChI is InChI=1S/C21H26N4.ClH/c22-18(14-17-15-23-21-9-5-4-8-20(17)21)16-24-10-12-25(13-11-24)19-6-2-1-3-7-19;/h1-9,15,18,23H,10-14,16,22H2;1H. The van der Waals surface area contributed by atoms with Crippen molar-refractivity contribution in [1.29, 1.82) is 0 Å². The van der Waals surface area contributed by atoms with Crippen LogP contribution in [0.3, 0.4) is 0 Å². The van der Waals surface area contributed by atoms with Crippen molar-refractivity contribution in [2.75, 3.05) is 37.6 Å². The molecule has 138 valence electrons. The molecule has 1 saturated heterocycles. The summed E-state index contributed by atoms with van der Waals surface area (Å²) in [5.41, 5.74) is 10.3. The summed E-state index contributed by atoms with van der Waals surface area (Å²) in [6.45, 7) is 5.27. The molecule has 0 spiro atoms. The monoisotopic (exact) mass is 370 g/mol. The van der Waals surface area contributed by atoms with Crippen LogP contribution in [0.15, 0.2) is 60.8 Å². The van der Waals surface area contributed by atoms with Gasteiger partial charge < -0.3 is 15.6 Å². The van der Waals surface area contributed by atoms with Gasteiger partial charge in [-0.05, 0) is 30.2 Å². The van der Waals surface area contributed by atoms with E-state index in [4.69, 9.17) is 5.73 Å². The second kappa shape index (κ2) is 8.58. The van der Waals surface area contributed by atoms with Crippen LogP contribution in [0.5, 0.6) is 0 Å². The lowest BCUT2D eigenvalue weighted by molar-refractivity contribution is 0.242. The summed E-state index contributed by atoms with van der Waals surface area (Å²) in [5.74, 6) is 0. The first kappa shape index (κ1) is 18.8. The quantitative estimate of drug-likeness (QED) is 0.724. The first-order chi connectivity index (χ1) is 12.3. The van der Waals surface area contributed by atoms with E-state index in [1.54, 1.807) is 0 Å². The Morgan fingerprint density at radius 1 is 0.923 bits per heavy atom. The molecular weight excluding hydrogens is 344 g/mol. The van der Waals surface area contributed by atoms with Crippen molar-refractivity contribution >= 4 is 29.0 Å². The number of hydrogen-bond acceptors (Lipinski definition) is 3. The van der Waals surface area contributed by atoms with Crippen molar-refractivity contribution in [3.05, 3.63) is 66.4 Å². The molecule has 1 aliphatic rings. The van der Waals surface area contributed by atoms with E-state index in [1.807, 2.05) is 0 Å². The summed E-state index contributed by atoms with van der Waals surface area (Å²) < 4.78 is 0. The van der Waals surface area contributed by atoms with Gasteiger partial charge in [-0.3, -0.25) is 4.90 Å². The van der Waals surface area contributed by atoms with E-state index in [0.717, 1.165) is 39.1 Å². The number of para-hydroxylation sites is 2. The molecule has 1 fully saturated rings. The van der Waals surface area contributed by atoms with Crippen LogP contribution in [0.1, 0.15) is 5.56 Å². The molecule has 3 aromatic rings. The van der Waals surface area contributed by atoms with Crippen LogP contribution < -0.4 is 10.6 Å². The van der Waals surface area contributed by atoms with Gasteiger partial charge in [-0.2, -0.15) is 0 Å². The highest BCUT2D eigenvalue weighted by molar-refractivity contribution is 5.85. The maximum atomic E-state index is 6.46. The fourth-order valence-corrected chi connectivity index (χ4v) is 3.81. The Morgan fingerprint density at radius 2 is 1.62 bits per heavy atom. The van der Waals surface area contributed by atoms with Crippen LogP contribution in [0.2, 0.25) is 0 Å². The molecule has 2 aromatic carbocycles. The van der Waals surface area contributed by atoms with Gasteiger partial charge in [0, 0.05) is 61.6 Å². The Bertz CT molecular complexity index is 809. The van der Waals surface area contributed by atoms with Gasteiger partial charge in [0.25, 0.3) is 0 Å². The number of rotatable bonds is 5. The van der Waals surface area contributed by atoms with Crippen molar-refractivity contribution in [2.24, 2.45) is 5.73 Å². The Labute approximate surface area is 161 Å². The molecule has 3 N–H and O–H groups in total. The lowest BCUT2D eigenvalue weighted by atomic mass is 10.0. The maximum Gasteiger partial charge on any atom is 0.0456 e. The zero-order valence-corrected chi connectivity index (χ0v) is 15.8. The number of piperazine rings is 1. The second-order valence-corrected chi connectivity index (χ2v) is 6.95. The molecule has 5 heteroatoms. The first-order valence-electron chi connectivity index (χ1n) is 9.12. The van der Waals surface area contributed by atoms with E-state index in [9.17, 15) is 0 Å². The predicted molar refractivity (Wildman–Crippen MR) is 112 cm³/mol. The number of benzene rings is 2. The van der Waals surface area contributed by atoms with Gasteiger partial charge in [-0.1, -0.05) is 36.4 Å². The van der Waals surface area contributed by atoms with Gasteiger partial charge in [0.15, 0.2) is 0 Å². The molecule has 0 bridgehead atoms. The summed E-state index contributed by atoms with van der Waals surface area (Å²) in [6.07, 6.45) is 3.03. The number of nitrogens with two attached hydrogens (primary N) is 1. The highest BCUT2D eigenvalue weighted by Gasteiger charge is 2.19. The molecule has 0 saturated carbocycles. The third-order valence-corrected chi connectivity index (χ3v) is 5.14. The molecule has 1 unspecified atom stereocenters. The smallest absolute Gasteiger partial charge is 0.0456 e. The predicted octanol–water partition coefficient (Wildman–Crippen LogP) is 3.28. The highest BCUT2D eigenvalue weighted by atomic mass is 35.5. The molecule has 4 nitrogen and oxygen atoms in total. The zero-order chi connectivity index (χ0) is 17.1. The van der Waals surface area contributed by atoms with Gasteiger partial charge in [0.1, 0.15) is 0 Å². The average molecular weight is 371 g/mol. The van der Waals surface area contributed by atoms with Crippen molar-refractivity contribution < 1.29 is 0 Å². The summed E-state index contributed by atoms with van der Waals surface area (Å²) in [7, 11) is 0. The zero-order valence-electron chi connectivity index (χ0n) is 15.0. The van der Waals surface area contributed by atoms with Gasteiger partial charge in [-0.15, -0.1) is 12.4 Å². The Kier molecular flexibility index (Phi) is 6.20. The number of hydrogen-bond donors (Lipinski definition) is 2. The van der Waals surface area contributed by atoms with Crippen LogP contribution >= 0.6 is 12.4 Å². The number of halogens is 1. The highest BCUT2D eigenvalue weighted by Crippen LogP contribution is 2.19. The second-order valence-electron chi connectivity index (χ2n) is 6.95. The fourth-order valence-electron chi connectivity index (χ4n) is 3.81. The molecule has 26 heavy (non-hydrogen) atoms. The molecular formula is C21H27ClN4. The number of fused-ring (bicyclic) bond motifs is 1. The molecule has 1 aliphatic heterocycles. The number of anilines is 1. The van der Waals surface area contributed by atoms with Gasteiger partial charge in [0.2, 0.25) is 0 Å². The first-order valence-corrected chi connectivity index (χ1v) is 9.12. The van der Waals surface area contributed by atoms with E-state index in [2.05, 4.69) is 75.6 Å². The summed E-state index contributed by atoms with van der Waals surface area (Å²) >= 11 is 0. The molecule has 0 aliphatic carbocycles. The SMILES string of the molecule is Cl.NC(Cc1c[nH]c2ccccc12)CN1CCN(c2ccccc2)CC1. The number of nitrogens with zero attached hydrogens (tertiary/aromatic N) is 2. The van der Waals surface area contributed by atoms with Crippen molar-refractivity contribution in [2.45, 2.75) is 12.5 Å². The minimum absolute atomic E-state index is 0. The van der Waals surface area contributed by atoms with Gasteiger partial charge >= 0.3 is 0 Å². The van der Waals surface area contributed by atoms with Gasteiger partial charge in [-0.25, -0.2) is 0 Å². The van der Waals surface area contributed by atoms with Crippen LogP contribution in [0.25, 0.3) is 10.9 Å². The van der Waals surface area contributed by atoms with E-state index in [1.165, 1.54) is 22.2 Å². The topological polar surface area (TPSA) is 48.3 Å². The number of nitrogens with one attached hydrogen (secondary N) is 1.